The number of aromatic nitrogens is 3. The lowest BCUT2D eigenvalue weighted by molar-refractivity contribution is 0.415. The molecule has 0 aliphatic carbocycles. The van der Waals surface area contributed by atoms with Crippen LogP contribution < -0.4 is 4.74 Å². The fourth-order valence-corrected chi connectivity index (χ4v) is 2.26. The van der Waals surface area contributed by atoms with Crippen molar-refractivity contribution in [1.29, 1.82) is 0 Å². The van der Waals surface area contributed by atoms with E-state index in [1.807, 2.05) is 12.1 Å². The van der Waals surface area contributed by atoms with Gasteiger partial charge in [-0.25, -0.2) is 0 Å². The van der Waals surface area contributed by atoms with Gasteiger partial charge in [-0.3, -0.25) is 0 Å². The highest BCUT2D eigenvalue weighted by Crippen LogP contribution is 2.34. The van der Waals surface area contributed by atoms with Gasteiger partial charge < -0.3 is 4.74 Å². The summed E-state index contributed by atoms with van der Waals surface area (Å²) in [4.78, 5) is 0. The van der Waals surface area contributed by atoms with Crippen molar-refractivity contribution in [3.63, 3.8) is 0 Å². The smallest absolute Gasteiger partial charge is 0.156 e. The summed E-state index contributed by atoms with van der Waals surface area (Å²) in [5.41, 5.74) is 1.96. The van der Waals surface area contributed by atoms with Gasteiger partial charge in [-0.15, -0.1) is 0 Å². The monoisotopic (exact) mass is 271 g/mol. The van der Waals surface area contributed by atoms with Crippen molar-refractivity contribution in [2.24, 2.45) is 0 Å². The molecule has 17 heavy (non-hydrogen) atoms. The van der Waals surface area contributed by atoms with Crippen molar-refractivity contribution in [1.82, 2.24) is 15.4 Å². The summed E-state index contributed by atoms with van der Waals surface area (Å²) in [5, 5.41) is 11.4. The van der Waals surface area contributed by atoms with E-state index in [1.165, 1.54) is 0 Å². The van der Waals surface area contributed by atoms with Crippen molar-refractivity contribution >= 4 is 23.2 Å². The van der Waals surface area contributed by atoms with Crippen LogP contribution in [-0.4, -0.2) is 22.5 Å². The second-order valence-corrected chi connectivity index (χ2v) is 4.37. The summed E-state index contributed by atoms with van der Waals surface area (Å²) in [6.07, 6.45) is 3.29. The first-order valence-electron chi connectivity index (χ1n) is 5.07. The number of aryl methyl sites for hydroxylation is 2. The number of halogens is 2. The van der Waals surface area contributed by atoms with Crippen molar-refractivity contribution in [3.8, 4) is 5.75 Å². The van der Waals surface area contributed by atoms with E-state index >= 15 is 0 Å². The van der Waals surface area contributed by atoms with Crippen molar-refractivity contribution in [2.75, 3.05) is 7.11 Å². The number of hydrogen-bond donors (Lipinski definition) is 1. The lowest BCUT2D eigenvalue weighted by Crippen LogP contribution is -1.94. The number of H-pyrrole nitrogens is 1. The Morgan fingerprint density at radius 1 is 1.24 bits per heavy atom. The highest BCUT2D eigenvalue weighted by molar-refractivity contribution is 6.37. The van der Waals surface area contributed by atoms with Gasteiger partial charge in [0.25, 0.3) is 0 Å². The van der Waals surface area contributed by atoms with Crippen molar-refractivity contribution in [3.05, 3.63) is 39.6 Å². The number of methoxy groups -OCH3 is 1. The molecule has 1 aromatic carbocycles. The maximum atomic E-state index is 6.05. The normalized spacial score (nSPS) is 10.5. The molecule has 1 heterocycles. The third kappa shape index (κ3) is 2.90. The number of nitrogens with zero attached hydrogens (tertiary/aromatic N) is 2. The number of aromatic amines is 1. The molecule has 0 aliphatic rings. The second-order valence-electron chi connectivity index (χ2n) is 3.55. The standard InChI is InChI=1S/C11H11Cl2N3O/c1-17-11-9(12)4-7(5-10(11)13)2-3-8-6-14-16-15-8/h4-6H,2-3H2,1H3,(H,14,15,16). The molecule has 4 nitrogen and oxygen atoms in total. The van der Waals surface area contributed by atoms with E-state index in [0.717, 1.165) is 24.1 Å². The van der Waals surface area contributed by atoms with Gasteiger partial charge in [0.15, 0.2) is 5.75 Å². The van der Waals surface area contributed by atoms with Gasteiger partial charge in [-0.05, 0) is 30.5 Å². The SMILES string of the molecule is COc1c(Cl)cc(CCc2cn[nH]n2)cc1Cl. The fourth-order valence-electron chi connectivity index (χ4n) is 1.57. The van der Waals surface area contributed by atoms with Crippen LogP contribution in [0.15, 0.2) is 18.3 Å². The average Bonchev–Trinajstić information content (AvgIpc) is 2.79. The van der Waals surface area contributed by atoms with E-state index in [1.54, 1.807) is 13.3 Å². The number of benzene rings is 1. The van der Waals surface area contributed by atoms with Gasteiger partial charge in [0.1, 0.15) is 0 Å². The summed E-state index contributed by atoms with van der Waals surface area (Å²) >= 11 is 12.1. The summed E-state index contributed by atoms with van der Waals surface area (Å²) in [7, 11) is 1.54. The predicted molar refractivity (Wildman–Crippen MR) is 66.8 cm³/mol. The third-order valence-corrected chi connectivity index (χ3v) is 2.96. The zero-order valence-corrected chi connectivity index (χ0v) is 10.7. The van der Waals surface area contributed by atoms with Crippen molar-refractivity contribution < 1.29 is 4.74 Å². The van der Waals surface area contributed by atoms with Crippen molar-refractivity contribution in [2.45, 2.75) is 12.8 Å². The van der Waals surface area contributed by atoms with Crippen LogP contribution in [0.25, 0.3) is 0 Å². The fraction of sp³-hybridized carbons (Fsp3) is 0.273. The van der Waals surface area contributed by atoms with E-state index in [0.29, 0.717) is 15.8 Å². The van der Waals surface area contributed by atoms with Gasteiger partial charge in [0.2, 0.25) is 0 Å². The van der Waals surface area contributed by atoms with E-state index in [2.05, 4.69) is 15.4 Å². The van der Waals surface area contributed by atoms with E-state index in [4.69, 9.17) is 27.9 Å². The molecule has 0 fully saturated rings. The highest BCUT2D eigenvalue weighted by Gasteiger charge is 2.08. The quantitative estimate of drug-likeness (QED) is 0.931. The van der Waals surface area contributed by atoms with Gasteiger partial charge in [0.05, 0.1) is 29.0 Å². The number of ether oxygens (including phenoxy) is 1. The maximum Gasteiger partial charge on any atom is 0.156 e. The number of rotatable bonds is 4. The van der Waals surface area contributed by atoms with Crippen LogP contribution >= 0.6 is 23.2 Å². The van der Waals surface area contributed by atoms with E-state index in [-0.39, 0.29) is 0 Å². The molecule has 1 aromatic heterocycles. The third-order valence-electron chi connectivity index (χ3n) is 2.40. The van der Waals surface area contributed by atoms with Crippen LogP contribution in [-0.2, 0) is 12.8 Å². The molecule has 90 valence electrons. The molecule has 2 aromatic rings. The minimum atomic E-state index is 0.513. The second kappa shape index (κ2) is 5.38. The largest absolute Gasteiger partial charge is 0.494 e. The Hall–Kier alpha value is -1.26. The molecule has 2 rings (SSSR count). The van der Waals surface area contributed by atoms with E-state index < -0.39 is 0 Å². The molecule has 0 spiro atoms. The summed E-state index contributed by atoms with van der Waals surface area (Å²) < 4.78 is 5.09. The van der Waals surface area contributed by atoms with Crippen LogP contribution in [0.2, 0.25) is 10.0 Å². The zero-order chi connectivity index (χ0) is 12.3. The highest BCUT2D eigenvalue weighted by atomic mass is 35.5. The van der Waals surface area contributed by atoms with Crippen LogP contribution in [0, 0.1) is 0 Å². The Balaban J connectivity index is 2.12. The van der Waals surface area contributed by atoms with Gasteiger partial charge in [-0.2, -0.15) is 15.4 Å². The molecule has 0 bridgehead atoms. The molecule has 0 radical (unpaired) electrons. The first kappa shape index (κ1) is 12.2. The zero-order valence-electron chi connectivity index (χ0n) is 9.20. The van der Waals surface area contributed by atoms with Crippen LogP contribution in [0.3, 0.4) is 0 Å². The van der Waals surface area contributed by atoms with Crippen LogP contribution in [0.5, 0.6) is 5.75 Å². The number of hydrogen-bond acceptors (Lipinski definition) is 3. The average molecular weight is 272 g/mol. The first-order valence-corrected chi connectivity index (χ1v) is 5.83. The molecular formula is C11H11Cl2N3O. The molecule has 0 aliphatic heterocycles. The molecule has 0 amide bonds. The topological polar surface area (TPSA) is 50.8 Å². The van der Waals surface area contributed by atoms with Gasteiger partial charge in [0, 0.05) is 0 Å². The minimum absolute atomic E-state index is 0.513. The summed E-state index contributed by atoms with van der Waals surface area (Å²) in [6.45, 7) is 0. The minimum Gasteiger partial charge on any atom is -0.494 e. The molecule has 0 atom stereocenters. The lowest BCUT2D eigenvalue weighted by atomic mass is 10.1. The Labute approximate surface area is 109 Å². The summed E-state index contributed by atoms with van der Waals surface area (Å²) in [6, 6.07) is 3.71. The molecule has 0 saturated heterocycles. The Kier molecular flexibility index (Phi) is 3.86. The lowest BCUT2D eigenvalue weighted by Gasteiger charge is -2.08. The van der Waals surface area contributed by atoms with Gasteiger partial charge >= 0.3 is 0 Å². The molecule has 0 unspecified atom stereocenters. The molecular weight excluding hydrogens is 261 g/mol. The predicted octanol–water partition coefficient (Wildman–Crippen LogP) is 2.91. The number of nitrogens with one attached hydrogen (secondary N) is 1. The first-order chi connectivity index (χ1) is 8.20. The maximum absolute atomic E-state index is 6.05. The van der Waals surface area contributed by atoms with E-state index in [9.17, 15) is 0 Å². The van der Waals surface area contributed by atoms with Crippen LogP contribution in [0.1, 0.15) is 11.3 Å². The van der Waals surface area contributed by atoms with Gasteiger partial charge in [-0.1, -0.05) is 23.2 Å². The Bertz CT molecular complexity index is 476. The Morgan fingerprint density at radius 3 is 2.47 bits per heavy atom. The van der Waals surface area contributed by atoms with Crippen LogP contribution in [0.4, 0.5) is 0 Å². The molecule has 0 saturated carbocycles. The Morgan fingerprint density at radius 2 is 1.94 bits per heavy atom. The molecule has 1 N–H and O–H groups in total. The molecule has 6 heteroatoms. The summed E-state index contributed by atoms with van der Waals surface area (Å²) in [5.74, 6) is 0.513.